The second-order valence-corrected chi connectivity index (χ2v) is 4.43. The topological polar surface area (TPSA) is 3.24 Å². The van der Waals surface area contributed by atoms with Gasteiger partial charge in [0.15, 0.2) is 0 Å². The Hall–Kier alpha value is -0.110. The van der Waals surface area contributed by atoms with Crippen molar-refractivity contribution in [2.45, 2.75) is 45.4 Å². The third-order valence-electron chi connectivity index (χ3n) is 2.68. The quantitative estimate of drug-likeness (QED) is 0.518. The fourth-order valence-electron chi connectivity index (χ4n) is 1.86. The first kappa shape index (κ1) is 13.9. The molecule has 0 spiro atoms. The Morgan fingerprint density at radius 1 is 1.07 bits per heavy atom. The minimum Gasteiger partial charge on any atom is -0.309 e. The van der Waals surface area contributed by atoms with Gasteiger partial charge >= 0.3 is 0 Å². The lowest BCUT2D eigenvalue weighted by Gasteiger charge is -2.15. The van der Waals surface area contributed by atoms with Crippen molar-refractivity contribution in [3.63, 3.8) is 0 Å². The number of hydrogen-bond acceptors (Lipinski definition) is 1. The van der Waals surface area contributed by atoms with Crippen LogP contribution in [-0.2, 0) is 0 Å². The van der Waals surface area contributed by atoms with Crippen molar-refractivity contribution in [1.82, 2.24) is 4.90 Å². The Balaban J connectivity index is 3.40. The molecule has 1 unspecified atom stereocenters. The van der Waals surface area contributed by atoms with Crippen LogP contribution in [0.1, 0.15) is 45.4 Å². The summed E-state index contributed by atoms with van der Waals surface area (Å²) < 4.78 is 12.2. The molecule has 0 amide bonds. The van der Waals surface area contributed by atoms with E-state index in [-0.39, 0.29) is 6.67 Å². The van der Waals surface area contributed by atoms with Crippen LogP contribution < -0.4 is 0 Å². The molecule has 0 aromatic carbocycles. The highest BCUT2D eigenvalue weighted by Gasteiger charge is 2.06. The Morgan fingerprint density at radius 2 is 1.79 bits per heavy atom. The molecule has 0 aromatic rings. The van der Waals surface area contributed by atoms with Crippen molar-refractivity contribution in [2.75, 3.05) is 27.3 Å². The van der Waals surface area contributed by atoms with Gasteiger partial charge in [0.1, 0.15) is 0 Å². The highest BCUT2D eigenvalue weighted by molar-refractivity contribution is 4.59. The zero-order valence-electron chi connectivity index (χ0n) is 10.1. The molecule has 0 radical (unpaired) electrons. The Bertz CT molecular complexity index is 109. The molecular weight excluding hydrogens is 177 g/mol. The number of alkyl halides is 1. The number of halogens is 1. The first-order chi connectivity index (χ1) is 6.70. The molecule has 0 bridgehead atoms. The maximum atomic E-state index is 12.2. The highest BCUT2D eigenvalue weighted by atomic mass is 19.1. The molecule has 0 aliphatic heterocycles. The van der Waals surface area contributed by atoms with Gasteiger partial charge in [-0.1, -0.05) is 32.6 Å². The predicted molar refractivity (Wildman–Crippen MR) is 61.4 cm³/mol. The fraction of sp³-hybridized carbons (Fsp3) is 1.00. The highest BCUT2D eigenvalue weighted by Crippen LogP contribution is 2.18. The molecule has 2 heteroatoms. The molecule has 0 aromatic heterocycles. The number of rotatable bonds is 9. The molecular formula is C12H26FN. The first-order valence-electron chi connectivity index (χ1n) is 5.91. The van der Waals surface area contributed by atoms with Crippen molar-refractivity contribution in [2.24, 2.45) is 5.92 Å². The van der Waals surface area contributed by atoms with E-state index in [1.165, 1.54) is 32.1 Å². The van der Waals surface area contributed by atoms with Crippen LogP contribution >= 0.6 is 0 Å². The Labute approximate surface area is 88.7 Å². The molecule has 0 saturated carbocycles. The lowest BCUT2D eigenvalue weighted by Crippen LogP contribution is -2.13. The second kappa shape index (κ2) is 9.45. The van der Waals surface area contributed by atoms with Crippen molar-refractivity contribution in [3.05, 3.63) is 0 Å². The minimum absolute atomic E-state index is 0.141. The number of nitrogens with zero attached hydrogens (tertiary/aromatic N) is 1. The summed E-state index contributed by atoms with van der Waals surface area (Å²) in [5.41, 5.74) is 0. The van der Waals surface area contributed by atoms with Gasteiger partial charge in [0.2, 0.25) is 0 Å². The maximum Gasteiger partial charge on any atom is 0.0897 e. The molecule has 0 aliphatic carbocycles. The van der Waals surface area contributed by atoms with Crippen molar-refractivity contribution >= 4 is 0 Å². The van der Waals surface area contributed by atoms with Crippen LogP contribution in [0.3, 0.4) is 0 Å². The van der Waals surface area contributed by atoms with Crippen molar-refractivity contribution in [3.8, 4) is 0 Å². The zero-order valence-corrected chi connectivity index (χ0v) is 10.1. The Kier molecular flexibility index (Phi) is 9.37. The summed E-state index contributed by atoms with van der Waals surface area (Å²) in [6.45, 7) is 3.21. The SMILES string of the molecule is CCCC(CCF)CCCCN(C)C. The van der Waals surface area contributed by atoms with E-state index in [9.17, 15) is 4.39 Å². The van der Waals surface area contributed by atoms with Gasteiger partial charge in [-0.2, -0.15) is 0 Å². The molecule has 0 rings (SSSR count). The van der Waals surface area contributed by atoms with Crippen LogP contribution in [0, 0.1) is 5.92 Å². The third kappa shape index (κ3) is 8.49. The first-order valence-corrected chi connectivity index (χ1v) is 5.91. The van der Waals surface area contributed by atoms with E-state index in [4.69, 9.17) is 0 Å². The standard InChI is InChI=1S/C12H26FN/c1-4-7-12(9-10-13)8-5-6-11-14(2)3/h12H,4-11H2,1-3H3. The van der Waals surface area contributed by atoms with Gasteiger partial charge in [0, 0.05) is 0 Å². The van der Waals surface area contributed by atoms with E-state index in [0.29, 0.717) is 5.92 Å². The summed E-state index contributed by atoms with van der Waals surface area (Å²) in [6, 6.07) is 0. The monoisotopic (exact) mass is 203 g/mol. The zero-order chi connectivity index (χ0) is 10.8. The van der Waals surface area contributed by atoms with Crippen LogP contribution in [0.25, 0.3) is 0 Å². The summed E-state index contributed by atoms with van der Waals surface area (Å²) in [6.07, 6.45) is 6.88. The van der Waals surface area contributed by atoms with Crippen LogP contribution in [-0.4, -0.2) is 32.2 Å². The average molecular weight is 203 g/mol. The predicted octanol–water partition coefficient (Wildman–Crippen LogP) is 3.49. The third-order valence-corrected chi connectivity index (χ3v) is 2.68. The Morgan fingerprint density at radius 3 is 2.29 bits per heavy atom. The second-order valence-electron chi connectivity index (χ2n) is 4.43. The summed E-state index contributed by atoms with van der Waals surface area (Å²) >= 11 is 0. The summed E-state index contributed by atoms with van der Waals surface area (Å²) in [5, 5.41) is 0. The van der Waals surface area contributed by atoms with Gasteiger partial charge in [0.05, 0.1) is 6.67 Å². The van der Waals surface area contributed by atoms with Gasteiger partial charge in [-0.3, -0.25) is 4.39 Å². The molecule has 1 nitrogen and oxygen atoms in total. The molecule has 0 saturated heterocycles. The van der Waals surface area contributed by atoms with Gasteiger partial charge in [0.25, 0.3) is 0 Å². The van der Waals surface area contributed by atoms with Gasteiger partial charge in [-0.25, -0.2) is 0 Å². The smallest absolute Gasteiger partial charge is 0.0897 e. The van der Waals surface area contributed by atoms with Gasteiger partial charge < -0.3 is 4.90 Å². The largest absolute Gasteiger partial charge is 0.309 e. The lowest BCUT2D eigenvalue weighted by atomic mass is 9.94. The van der Waals surface area contributed by atoms with Crippen LogP contribution in [0.4, 0.5) is 4.39 Å². The maximum absolute atomic E-state index is 12.2. The van der Waals surface area contributed by atoms with E-state index < -0.39 is 0 Å². The molecule has 0 heterocycles. The van der Waals surface area contributed by atoms with E-state index in [1.807, 2.05) is 0 Å². The average Bonchev–Trinajstić information content (AvgIpc) is 2.12. The molecule has 1 atom stereocenters. The summed E-state index contributed by atoms with van der Waals surface area (Å²) in [4.78, 5) is 2.21. The van der Waals surface area contributed by atoms with Gasteiger partial charge in [-0.15, -0.1) is 0 Å². The number of hydrogen-bond donors (Lipinski definition) is 0. The minimum atomic E-state index is -0.141. The van der Waals surface area contributed by atoms with E-state index in [0.717, 1.165) is 13.0 Å². The fourth-order valence-corrected chi connectivity index (χ4v) is 1.86. The summed E-state index contributed by atoms with van der Waals surface area (Å²) in [5.74, 6) is 0.632. The molecule has 0 N–H and O–H groups in total. The van der Waals surface area contributed by atoms with Crippen LogP contribution in [0.2, 0.25) is 0 Å². The van der Waals surface area contributed by atoms with Crippen LogP contribution in [0.5, 0.6) is 0 Å². The van der Waals surface area contributed by atoms with Gasteiger partial charge in [-0.05, 0) is 39.4 Å². The van der Waals surface area contributed by atoms with Crippen LogP contribution in [0.15, 0.2) is 0 Å². The molecule has 14 heavy (non-hydrogen) atoms. The molecule has 86 valence electrons. The molecule has 0 aliphatic rings. The lowest BCUT2D eigenvalue weighted by molar-refractivity contribution is 0.328. The van der Waals surface area contributed by atoms with Crippen molar-refractivity contribution in [1.29, 1.82) is 0 Å². The molecule has 0 fully saturated rings. The summed E-state index contributed by atoms with van der Waals surface area (Å²) in [7, 11) is 4.20. The van der Waals surface area contributed by atoms with E-state index in [1.54, 1.807) is 0 Å². The normalized spacial score (nSPS) is 13.5. The van der Waals surface area contributed by atoms with E-state index in [2.05, 4.69) is 25.9 Å². The number of unbranched alkanes of at least 4 members (excludes halogenated alkanes) is 1. The van der Waals surface area contributed by atoms with Crippen molar-refractivity contribution < 1.29 is 4.39 Å². The van der Waals surface area contributed by atoms with E-state index >= 15 is 0 Å².